The third kappa shape index (κ3) is 3.41. The first-order chi connectivity index (χ1) is 10.9. The summed E-state index contributed by atoms with van der Waals surface area (Å²) in [6.07, 6.45) is 1.81. The second kappa shape index (κ2) is 6.34. The monoisotopic (exact) mass is 392 g/mol. The van der Waals surface area contributed by atoms with Crippen LogP contribution in [0.2, 0.25) is 5.02 Å². The van der Waals surface area contributed by atoms with E-state index in [0.29, 0.717) is 22.3 Å². The zero-order valence-electron chi connectivity index (χ0n) is 12.1. The molecule has 3 nitrogen and oxygen atoms in total. The predicted octanol–water partition coefficient (Wildman–Crippen LogP) is 4.92. The maximum Gasteiger partial charge on any atom is 0.169 e. The largest absolute Gasteiger partial charge is 0.294 e. The molecule has 1 aromatic carbocycles. The number of Topliss-reactive ketones (excluding diaryl/α,β-unsaturated/α-hetero) is 1. The number of aromatic nitrogens is 2. The zero-order chi connectivity index (χ0) is 16.6. The van der Waals surface area contributed by atoms with Gasteiger partial charge in [0, 0.05) is 21.9 Å². The summed E-state index contributed by atoms with van der Waals surface area (Å²) in [5, 5.41) is -0.0569. The Balaban J connectivity index is 1.92. The van der Waals surface area contributed by atoms with Crippen LogP contribution in [0.15, 0.2) is 41.0 Å². The van der Waals surface area contributed by atoms with Gasteiger partial charge in [0.1, 0.15) is 5.82 Å². The van der Waals surface area contributed by atoms with Crippen LogP contribution in [0, 0.1) is 12.7 Å². The number of carbonyl (C=O) groups excluding carboxylic acids is 1. The van der Waals surface area contributed by atoms with Crippen molar-refractivity contribution in [3.05, 3.63) is 68.7 Å². The molecule has 0 aliphatic rings. The molecule has 0 radical (unpaired) electrons. The number of fused-ring (bicyclic) bond motifs is 1. The number of aryl methyl sites for hydroxylation is 1. The molecule has 0 amide bonds. The van der Waals surface area contributed by atoms with E-state index in [4.69, 9.17) is 11.6 Å². The minimum atomic E-state index is -0.527. The van der Waals surface area contributed by atoms with Gasteiger partial charge in [-0.15, -0.1) is 0 Å². The van der Waals surface area contributed by atoms with Crippen molar-refractivity contribution in [1.82, 2.24) is 9.97 Å². The highest BCUT2D eigenvalue weighted by atomic mass is 79.9. The van der Waals surface area contributed by atoms with Crippen molar-refractivity contribution in [1.29, 1.82) is 0 Å². The van der Waals surface area contributed by atoms with E-state index in [9.17, 15) is 9.18 Å². The molecule has 0 saturated carbocycles. The van der Waals surface area contributed by atoms with E-state index in [1.807, 2.05) is 12.1 Å². The van der Waals surface area contributed by atoms with Crippen molar-refractivity contribution in [2.24, 2.45) is 0 Å². The molecule has 0 unspecified atom stereocenters. The first-order valence-corrected chi connectivity index (χ1v) is 8.01. The summed E-state index contributed by atoms with van der Waals surface area (Å²) in [6.45, 7) is 1.68. The molecule has 2 heterocycles. The van der Waals surface area contributed by atoms with Gasteiger partial charge in [0.15, 0.2) is 5.78 Å². The third-order valence-corrected chi connectivity index (χ3v) is 4.19. The van der Waals surface area contributed by atoms with Gasteiger partial charge in [0.25, 0.3) is 0 Å². The number of rotatable bonds is 3. The van der Waals surface area contributed by atoms with Gasteiger partial charge in [-0.3, -0.25) is 14.8 Å². The normalized spacial score (nSPS) is 11.0. The number of nitrogens with zero attached hydrogens (tertiary/aromatic N) is 2. The van der Waals surface area contributed by atoms with Gasteiger partial charge in [-0.1, -0.05) is 11.6 Å². The highest BCUT2D eigenvalue weighted by Gasteiger charge is 2.14. The van der Waals surface area contributed by atoms with E-state index in [1.54, 1.807) is 19.2 Å². The number of carbonyl (C=O) groups is 1. The third-order valence-electron chi connectivity index (χ3n) is 3.47. The first kappa shape index (κ1) is 16.0. The molecule has 2 aromatic heterocycles. The minimum Gasteiger partial charge on any atom is -0.294 e. The van der Waals surface area contributed by atoms with Crippen molar-refractivity contribution in [3.63, 3.8) is 0 Å². The van der Waals surface area contributed by atoms with Crippen molar-refractivity contribution in [2.45, 2.75) is 13.3 Å². The van der Waals surface area contributed by atoms with Crippen LogP contribution >= 0.6 is 27.5 Å². The average molecular weight is 394 g/mol. The average Bonchev–Trinajstić information content (AvgIpc) is 2.50. The van der Waals surface area contributed by atoms with Crippen LogP contribution in [0.25, 0.3) is 11.0 Å². The van der Waals surface area contributed by atoms with E-state index in [1.165, 1.54) is 12.1 Å². The van der Waals surface area contributed by atoms with Crippen molar-refractivity contribution in [3.8, 4) is 0 Å². The lowest BCUT2D eigenvalue weighted by Crippen LogP contribution is -2.07. The molecule has 0 atom stereocenters. The van der Waals surface area contributed by atoms with Gasteiger partial charge < -0.3 is 0 Å². The highest BCUT2D eigenvalue weighted by Crippen LogP contribution is 2.22. The van der Waals surface area contributed by atoms with Crippen LogP contribution in [0.3, 0.4) is 0 Å². The minimum absolute atomic E-state index is 0.0569. The Labute approximate surface area is 145 Å². The zero-order valence-corrected chi connectivity index (χ0v) is 14.4. The maximum atomic E-state index is 13.4. The molecule has 0 fully saturated rings. The maximum absolute atomic E-state index is 13.4. The molecular formula is C17H11BrClFN2O. The van der Waals surface area contributed by atoms with Crippen molar-refractivity contribution < 1.29 is 9.18 Å². The van der Waals surface area contributed by atoms with E-state index >= 15 is 0 Å². The number of ketones is 1. The molecule has 0 spiro atoms. The Morgan fingerprint density at radius 1 is 1.26 bits per heavy atom. The lowest BCUT2D eigenvalue weighted by atomic mass is 10.0. The number of hydrogen-bond acceptors (Lipinski definition) is 3. The summed E-state index contributed by atoms with van der Waals surface area (Å²) in [4.78, 5) is 21.1. The lowest BCUT2D eigenvalue weighted by molar-refractivity contribution is 0.0991. The molecule has 0 N–H and O–H groups in total. The fourth-order valence-corrected chi connectivity index (χ4v) is 2.81. The topological polar surface area (TPSA) is 42.9 Å². The number of hydrogen-bond donors (Lipinski definition) is 0. The molecule has 3 rings (SSSR count). The Hall–Kier alpha value is -1.85. The Bertz CT molecular complexity index is 930. The number of benzene rings is 1. The smallest absolute Gasteiger partial charge is 0.169 e. The van der Waals surface area contributed by atoms with Gasteiger partial charge in [0.05, 0.1) is 22.5 Å². The predicted molar refractivity (Wildman–Crippen MR) is 91.4 cm³/mol. The number of halogens is 3. The van der Waals surface area contributed by atoms with Gasteiger partial charge in [-0.25, -0.2) is 4.39 Å². The van der Waals surface area contributed by atoms with E-state index < -0.39 is 5.82 Å². The van der Waals surface area contributed by atoms with Crippen molar-refractivity contribution in [2.75, 3.05) is 0 Å². The molecular weight excluding hydrogens is 383 g/mol. The Morgan fingerprint density at radius 3 is 2.83 bits per heavy atom. The van der Waals surface area contributed by atoms with E-state index in [-0.39, 0.29) is 17.2 Å². The fraction of sp³-hybridized carbons (Fsp3) is 0.118. The van der Waals surface area contributed by atoms with Gasteiger partial charge in [-0.05, 0) is 58.7 Å². The first-order valence-electron chi connectivity index (χ1n) is 6.84. The van der Waals surface area contributed by atoms with Gasteiger partial charge in [-0.2, -0.15) is 0 Å². The molecule has 0 bridgehead atoms. The molecule has 0 aliphatic carbocycles. The molecule has 3 aromatic rings. The molecule has 6 heteroatoms. The molecule has 0 saturated heterocycles. The molecule has 116 valence electrons. The van der Waals surface area contributed by atoms with Crippen LogP contribution in [0.5, 0.6) is 0 Å². The lowest BCUT2D eigenvalue weighted by Gasteiger charge is -2.07. The second-order valence-electron chi connectivity index (χ2n) is 5.18. The Kier molecular flexibility index (Phi) is 4.41. The summed E-state index contributed by atoms with van der Waals surface area (Å²) in [6, 6.07) is 8.07. The van der Waals surface area contributed by atoms with E-state index in [0.717, 1.165) is 9.99 Å². The number of pyridine rings is 2. The van der Waals surface area contributed by atoms with Gasteiger partial charge >= 0.3 is 0 Å². The quantitative estimate of drug-likeness (QED) is 0.593. The molecule has 0 aliphatic heterocycles. The Morgan fingerprint density at radius 2 is 2.04 bits per heavy atom. The van der Waals surface area contributed by atoms with Crippen LogP contribution in [-0.2, 0) is 6.42 Å². The summed E-state index contributed by atoms with van der Waals surface area (Å²) in [7, 11) is 0. The van der Waals surface area contributed by atoms with Gasteiger partial charge in [0.2, 0.25) is 0 Å². The fourth-order valence-electron chi connectivity index (χ4n) is 2.33. The van der Waals surface area contributed by atoms with Crippen LogP contribution < -0.4 is 0 Å². The van der Waals surface area contributed by atoms with Crippen LogP contribution in [0.4, 0.5) is 4.39 Å². The standard InChI is InChI=1S/C17H11BrClFN2O/c1-9-4-14(20)13(19)7-12(9)17(23)6-11-2-3-15-16(22-11)5-10(18)8-21-15/h2-5,7-8H,6H2,1H3. The summed E-state index contributed by atoms with van der Waals surface area (Å²) >= 11 is 9.12. The van der Waals surface area contributed by atoms with Crippen LogP contribution in [0.1, 0.15) is 21.6 Å². The molecule has 23 heavy (non-hydrogen) atoms. The summed E-state index contributed by atoms with van der Waals surface area (Å²) in [5.41, 5.74) is 3.05. The summed E-state index contributed by atoms with van der Waals surface area (Å²) in [5.74, 6) is -0.681. The van der Waals surface area contributed by atoms with Crippen LogP contribution in [-0.4, -0.2) is 15.8 Å². The highest BCUT2D eigenvalue weighted by molar-refractivity contribution is 9.10. The van der Waals surface area contributed by atoms with Crippen molar-refractivity contribution >= 4 is 44.3 Å². The SMILES string of the molecule is Cc1cc(F)c(Cl)cc1C(=O)Cc1ccc2ncc(Br)cc2n1. The van der Waals surface area contributed by atoms with E-state index in [2.05, 4.69) is 25.9 Å². The summed E-state index contributed by atoms with van der Waals surface area (Å²) < 4.78 is 14.2. The second-order valence-corrected chi connectivity index (χ2v) is 6.50.